The molecule has 0 bridgehead atoms. The second kappa shape index (κ2) is 9.22. The quantitative estimate of drug-likeness (QED) is 0.540. The molecule has 1 aromatic rings. The largest absolute Gasteiger partial charge is 0.293 e. The Bertz CT molecular complexity index is 423. The van der Waals surface area contributed by atoms with Crippen LogP contribution in [0.4, 0.5) is 0 Å². The van der Waals surface area contributed by atoms with Crippen LogP contribution < -0.4 is 0 Å². The summed E-state index contributed by atoms with van der Waals surface area (Å²) in [5.41, 5.74) is 2.09. The summed E-state index contributed by atoms with van der Waals surface area (Å²) in [6.45, 7) is 6.46. The first-order valence-electron chi connectivity index (χ1n) is 8.07. The van der Waals surface area contributed by atoms with Crippen molar-refractivity contribution in [1.82, 2.24) is 4.90 Å². The smallest absolute Gasteiger partial charge is 0.179 e. The molecule has 2 rings (SSSR count). The molecule has 1 heterocycles. The third-order valence-corrected chi connectivity index (χ3v) is 4.30. The molecule has 0 N–H and O–H groups in total. The van der Waals surface area contributed by atoms with Crippen molar-refractivity contribution >= 4 is 18.2 Å². The number of carbonyl (C=O) groups excluding carboxylic acids is 1. The molecule has 118 valence electrons. The van der Waals surface area contributed by atoms with E-state index < -0.39 is 0 Å². The second-order valence-corrected chi connectivity index (χ2v) is 5.98. The highest BCUT2D eigenvalue weighted by atomic mass is 35.5. The van der Waals surface area contributed by atoms with E-state index in [1.807, 2.05) is 24.3 Å². The third-order valence-electron chi connectivity index (χ3n) is 4.30. The molecule has 1 saturated heterocycles. The number of hydrogen-bond donors (Lipinski definition) is 0. The van der Waals surface area contributed by atoms with E-state index in [1.54, 1.807) is 0 Å². The molecule has 1 atom stereocenters. The van der Waals surface area contributed by atoms with Crippen LogP contribution in [0.25, 0.3) is 0 Å². The van der Waals surface area contributed by atoms with Crippen LogP contribution in [0, 0.1) is 6.92 Å². The number of benzene rings is 1. The highest BCUT2D eigenvalue weighted by molar-refractivity contribution is 6.00. The molecule has 0 saturated carbocycles. The van der Waals surface area contributed by atoms with Crippen molar-refractivity contribution in [2.45, 2.75) is 58.4 Å². The number of hydrogen-bond acceptors (Lipinski definition) is 2. The first-order valence-corrected chi connectivity index (χ1v) is 8.07. The van der Waals surface area contributed by atoms with Gasteiger partial charge >= 0.3 is 0 Å². The van der Waals surface area contributed by atoms with E-state index in [2.05, 4.69) is 18.7 Å². The van der Waals surface area contributed by atoms with E-state index in [-0.39, 0.29) is 18.4 Å². The maximum Gasteiger partial charge on any atom is 0.179 e. The predicted octanol–water partition coefficient (Wildman–Crippen LogP) is 4.64. The van der Waals surface area contributed by atoms with Gasteiger partial charge in [0, 0.05) is 5.56 Å². The summed E-state index contributed by atoms with van der Waals surface area (Å²) in [5.74, 6) is 0.322. The third kappa shape index (κ3) is 5.12. The van der Waals surface area contributed by atoms with Crippen molar-refractivity contribution in [2.75, 3.05) is 13.1 Å². The number of likely N-dealkylation sites (tertiary alicyclic amines) is 1. The van der Waals surface area contributed by atoms with Crippen molar-refractivity contribution in [1.29, 1.82) is 0 Å². The lowest BCUT2D eigenvalue weighted by atomic mass is 9.97. The zero-order valence-electron chi connectivity index (χ0n) is 13.3. The zero-order chi connectivity index (χ0) is 14.4. The maximum atomic E-state index is 12.8. The Morgan fingerprint density at radius 1 is 1.14 bits per heavy atom. The van der Waals surface area contributed by atoms with Gasteiger partial charge in [0.15, 0.2) is 5.78 Å². The van der Waals surface area contributed by atoms with Crippen LogP contribution in [0.1, 0.15) is 61.4 Å². The van der Waals surface area contributed by atoms with Crippen LogP contribution in [-0.2, 0) is 0 Å². The molecule has 0 radical (unpaired) electrons. The standard InChI is InChI=1S/C18H27NO.ClH/c1-3-4-5-8-17(19-13-6-7-14-19)18(20)16-11-9-15(2)10-12-16;/h9-12,17H,3-8,13-14H2,1-2H3;1H. The van der Waals surface area contributed by atoms with Crippen molar-refractivity contribution in [2.24, 2.45) is 0 Å². The van der Waals surface area contributed by atoms with E-state index >= 15 is 0 Å². The van der Waals surface area contributed by atoms with Gasteiger partial charge in [-0.2, -0.15) is 0 Å². The van der Waals surface area contributed by atoms with E-state index in [4.69, 9.17) is 0 Å². The maximum absolute atomic E-state index is 12.8. The number of Topliss-reactive ketones (excluding diaryl/α,β-unsaturated/α-hetero) is 1. The Balaban J connectivity index is 0.00000220. The van der Waals surface area contributed by atoms with Crippen LogP contribution in [-0.4, -0.2) is 29.8 Å². The summed E-state index contributed by atoms with van der Waals surface area (Å²) < 4.78 is 0. The number of aryl methyl sites for hydroxylation is 1. The molecule has 0 aliphatic carbocycles. The van der Waals surface area contributed by atoms with Crippen LogP contribution in [0.2, 0.25) is 0 Å². The van der Waals surface area contributed by atoms with Gasteiger partial charge in [-0.3, -0.25) is 9.69 Å². The summed E-state index contributed by atoms with van der Waals surface area (Å²) in [4.78, 5) is 15.2. The lowest BCUT2D eigenvalue weighted by Crippen LogP contribution is -2.39. The van der Waals surface area contributed by atoms with Gasteiger partial charge in [0.2, 0.25) is 0 Å². The van der Waals surface area contributed by atoms with Gasteiger partial charge in [-0.15, -0.1) is 12.4 Å². The van der Waals surface area contributed by atoms with E-state index in [0.717, 1.165) is 31.5 Å². The Hall–Kier alpha value is -0.860. The predicted molar refractivity (Wildman–Crippen MR) is 91.5 cm³/mol. The summed E-state index contributed by atoms with van der Waals surface area (Å²) in [5, 5.41) is 0. The van der Waals surface area contributed by atoms with Crippen LogP contribution >= 0.6 is 12.4 Å². The zero-order valence-corrected chi connectivity index (χ0v) is 14.1. The number of halogens is 1. The van der Waals surface area contributed by atoms with Gasteiger partial charge in [-0.25, -0.2) is 0 Å². The molecule has 2 nitrogen and oxygen atoms in total. The first-order chi connectivity index (χ1) is 9.72. The number of rotatable bonds is 7. The molecule has 1 aliphatic heterocycles. The fourth-order valence-electron chi connectivity index (χ4n) is 3.03. The van der Waals surface area contributed by atoms with Gasteiger partial charge in [-0.05, 0) is 39.3 Å². The average molecular weight is 310 g/mol. The fourth-order valence-corrected chi connectivity index (χ4v) is 3.03. The molecule has 0 amide bonds. The molecular weight excluding hydrogens is 282 g/mol. The average Bonchev–Trinajstić information content (AvgIpc) is 2.98. The van der Waals surface area contributed by atoms with Crippen molar-refractivity contribution in [3.8, 4) is 0 Å². The van der Waals surface area contributed by atoms with E-state index in [1.165, 1.54) is 31.2 Å². The molecule has 0 spiro atoms. The van der Waals surface area contributed by atoms with E-state index in [0.29, 0.717) is 5.78 Å². The van der Waals surface area contributed by atoms with Gasteiger partial charge in [-0.1, -0.05) is 56.0 Å². The minimum absolute atomic E-state index is 0. The summed E-state index contributed by atoms with van der Waals surface area (Å²) in [6.07, 6.45) is 7.10. The van der Waals surface area contributed by atoms with Crippen LogP contribution in [0.3, 0.4) is 0 Å². The second-order valence-electron chi connectivity index (χ2n) is 5.98. The van der Waals surface area contributed by atoms with Crippen LogP contribution in [0.5, 0.6) is 0 Å². The molecule has 0 aromatic heterocycles. The number of unbranched alkanes of at least 4 members (excludes halogenated alkanes) is 2. The molecular formula is C18H28ClNO. The summed E-state index contributed by atoms with van der Waals surface area (Å²) in [6, 6.07) is 8.16. The topological polar surface area (TPSA) is 20.3 Å². The van der Waals surface area contributed by atoms with Crippen molar-refractivity contribution in [3.63, 3.8) is 0 Å². The molecule has 21 heavy (non-hydrogen) atoms. The normalized spacial score (nSPS) is 16.5. The number of ketones is 1. The summed E-state index contributed by atoms with van der Waals surface area (Å²) in [7, 11) is 0. The highest BCUT2D eigenvalue weighted by Crippen LogP contribution is 2.20. The van der Waals surface area contributed by atoms with Gasteiger partial charge in [0.05, 0.1) is 6.04 Å². The number of nitrogens with zero attached hydrogens (tertiary/aromatic N) is 1. The number of carbonyl (C=O) groups is 1. The lowest BCUT2D eigenvalue weighted by molar-refractivity contribution is 0.0835. The minimum atomic E-state index is 0. The molecule has 1 fully saturated rings. The Labute approximate surface area is 135 Å². The lowest BCUT2D eigenvalue weighted by Gasteiger charge is -2.26. The van der Waals surface area contributed by atoms with Gasteiger partial charge in [0.1, 0.15) is 0 Å². The van der Waals surface area contributed by atoms with Crippen molar-refractivity contribution in [3.05, 3.63) is 35.4 Å². The Morgan fingerprint density at radius 2 is 1.76 bits per heavy atom. The van der Waals surface area contributed by atoms with Crippen LogP contribution in [0.15, 0.2) is 24.3 Å². The minimum Gasteiger partial charge on any atom is -0.293 e. The van der Waals surface area contributed by atoms with E-state index in [9.17, 15) is 4.79 Å². The molecule has 3 heteroatoms. The Kier molecular flexibility index (Phi) is 7.98. The van der Waals surface area contributed by atoms with Gasteiger partial charge in [0.25, 0.3) is 0 Å². The molecule has 1 unspecified atom stereocenters. The summed E-state index contributed by atoms with van der Waals surface area (Å²) >= 11 is 0. The fraction of sp³-hybridized carbons (Fsp3) is 0.611. The highest BCUT2D eigenvalue weighted by Gasteiger charge is 2.28. The van der Waals surface area contributed by atoms with Crippen molar-refractivity contribution < 1.29 is 4.79 Å². The first kappa shape index (κ1) is 18.2. The Morgan fingerprint density at radius 3 is 2.33 bits per heavy atom. The molecule has 1 aromatic carbocycles. The molecule has 1 aliphatic rings. The SMILES string of the molecule is CCCCCC(C(=O)c1ccc(C)cc1)N1CCCC1.Cl. The van der Waals surface area contributed by atoms with Gasteiger partial charge < -0.3 is 0 Å². The monoisotopic (exact) mass is 309 g/mol.